The highest BCUT2D eigenvalue weighted by atomic mass is 32.2. The molecule has 17 heavy (non-hydrogen) atoms. The molecule has 4 nitrogen and oxygen atoms in total. The Labute approximate surface area is 109 Å². The fourth-order valence-electron chi connectivity index (χ4n) is 1.27. The zero-order chi connectivity index (χ0) is 13.9. The molecule has 0 saturated carbocycles. The van der Waals surface area contributed by atoms with E-state index in [2.05, 4.69) is 19.4 Å². The van der Waals surface area contributed by atoms with Gasteiger partial charge < -0.3 is 9.66 Å². The summed E-state index contributed by atoms with van der Waals surface area (Å²) in [5.41, 5.74) is 0. The highest BCUT2D eigenvalue weighted by Gasteiger charge is 2.11. The second-order valence-corrected chi connectivity index (χ2v) is 8.07. The second kappa shape index (κ2) is 11.3. The van der Waals surface area contributed by atoms with Gasteiger partial charge in [0.1, 0.15) is 5.75 Å². The predicted octanol–water partition coefficient (Wildman–Crippen LogP) is 1.36. The smallest absolute Gasteiger partial charge is 0.133 e. The summed E-state index contributed by atoms with van der Waals surface area (Å²) in [4.78, 5) is 0. The molecule has 0 rings (SSSR count). The van der Waals surface area contributed by atoms with Gasteiger partial charge in [-0.05, 0) is 17.3 Å². The van der Waals surface area contributed by atoms with Crippen LogP contribution in [0.5, 0.6) is 0 Å². The van der Waals surface area contributed by atoms with E-state index >= 15 is 0 Å². The van der Waals surface area contributed by atoms with Crippen LogP contribution >= 0.6 is 0 Å². The molecule has 0 amide bonds. The molecule has 0 radical (unpaired) electrons. The molecule has 0 aliphatic heterocycles. The average Bonchev–Trinajstić information content (AvgIpc) is 2.08. The lowest BCUT2D eigenvalue weighted by Gasteiger charge is -2.07. The topological polar surface area (TPSA) is 77.4 Å². The standard InChI is InChI=1S/C10H23OS.CH4O3S/c1-4-5-6-7-8-10(11)9-12(2)3;1-5(2,3)4/h10-11H,4-9H2,1-3H3;1H3,(H,2,3,4)/q+1;/p-1. The Kier molecular flexibility index (Phi) is 13.0. The molecule has 0 bridgehead atoms. The van der Waals surface area contributed by atoms with Gasteiger partial charge in [-0.2, -0.15) is 0 Å². The molecule has 1 unspecified atom stereocenters. The minimum Gasteiger partial charge on any atom is -0.748 e. The highest BCUT2D eigenvalue weighted by Crippen LogP contribution is 2.06. The zero-order valence-electron chi connectivity index (χ0n) is 11.3. The third-order valence-electron chi connectivity index (χ3n) is 1.92. The number of rotatable bonds is 7. The van der Waals surface area contributed by atoms with Crippen LogP contribution in [0.4, 0.5) is 0 Å². The second-order valence-electron chi connectivity index (χ2n) is 4.36. The van der Waals surface area contributed by atoms with Gasteiger partial charge in [0.15, 0.2) is 0 Å². The van der Waals surface area contributed by atoms with Crippen molar-refractivity contribution in [1.29, 1.82) is 0 Å². The predicted molar refractivity (Wildman–Crippen MR) is 74.5 cm³/mol. The van der Waals surface area contributed by atoms with E-state index in [-0.39, 0.29) is 6.10 Å². The third-order valence-corrected chi connectivity index (χ3v) is 2.97. The first-order chi connectivity index (χ1) is 7.66. The Morgan fingerprint density at radius 2 is 1.71 bits per heavy atom. The van der Waals surface area contributed by atoms with Crippen LogP contribution < -0.4 is 0 Å². The summed E-state index contributed by atoms with van der Waals surface area (Å²) in [5, 5.41) is 9.53. The van der Waals surface area contributed by atoms with Crippen molar-refractivity contribution >= 4 is 21.0 Å². The summed E-state index contributed by atoms with van der Waals surface area (Å²) in [5.74, 6) is 0.992. The first-order valence-electron chi connectivity index (χ1n) is 5.80. The van der Waals surface area contributed by atoms with Crippen LogP contribution in [-0.2, 0) is 21.0 Å². The van der Waals surface area contributed by atoms with Gasteiger partial charge in [0.25, 0.3) is 0 Å². The minimum absolute atomic E-state index is 0.0415. The van der Waals surface area contributed by atoms with Crippen LogP contribution in [-0.4, -0.2) is 48.7 Å². The largest absolute Gasteiger partial charge is 0.748 e. The Bertz CT molecular complexity index is 242. The number of aliphatic hydroxyl groups is 1. The maximum absolute atomic E-state index is 9.53. The molecule has 1 N–H and O–H groups in total. The number of unbranched alkanes of at least 4 members (excludes halogenated alkanes) is 3. The SMILES string of the molecule is CCCCCCC(O)C[S+](C)C.CS(=O)(=O)[O-]. The Morgan fingerprint density at radius 3 is 2.06 bits per heavy atom. The van der Waals surface area contributed by atoms with Gasteiger partial charge in [-0.1, -0.05) is 32.6 Å². The van der Waals surface area contributed by atoms with Crippen molar-refractivity contribution in [3.05, 3.63) is 0 Å². The molecule has 0 saturated heterocycles. The van der Waals surface area contributed by atoms with Crippen LogP contribution in [0.2, 0.25) is 0 Å². The average molecular weight is 286 g/mol. The van der Waals surface area contributed by atoms with E-state index in [4.69, 9.17) is 13.0 Å². The molecule has 1 atom stereocenters. The van der Waals surface area contributed by atoms with E-state index in [1.54, 1.807) is 0 Å². The maximum Gasteiger partial charge on any atom is 0.133 e. The molecule has 0 aliphatic carbocycles. The number of hydrogen-bond acceptors (Lipinski definition) is 4. The van der Waals surface area contributed by atoms with Crippen molar-refractivity contribution in [1.82, 2.24) is 0 Å². The lowest BCUT2D eigenvalue weighted by molar-refractivity contribution is 0.184. The van der Waals surface area contributed by atoms with Crippen molar-refractivity contribution in [3.63, 3.8) is 0 Å². The van der Waals surface area contributed by atoms with Crippen LogP contribution in [0.3, 0.4) is 0 Å². The van der Waals surface area contributed by atoms with Crippen LogP contribution in [0.25, 0.3) is 0 Å². The Hall–Kier alpha value is 0.220. The molecule has 0 heterocycles. The van der Waals surface area contributed by atoms with Crippen molar-refractivity contribution in [2.45, 2.75) is 45.1 Å². The summed E-state index contributed by atoms with van der Waals surface area (Å²) >= 11 is 0. The first-order valence-corrected chi connectivity index (χ1v) is 9.82. The summed E-state index contributed by atoms with van der Waals surface area (Å²) in [6, 6.07) is 0. The summed E-state index contributed by atoms with van der Waals surface area (Å²) in [6.07, 6.45) is 11.0. The van der Waals surface area contributed by atoms with E-state index in [0.717, 1.165) is 12.2 Å². The fraction of sp³-hybridized carbons (Fsp3) is 1.00. The molecule has 0 fully saturated rings. The molecule has 6 heteroatoms. The molecular formula is C11H26O4S2. The van der Waals surface area contributed by atoms with Gasteiger partial charge >= 0.3 is 0 Å². The van der Waals surface area contributed by atoms with Crippen LogP contribution in [0.1, 0.15) is 39.0 Å². The van der Waals surface area contributed by atoms with Gasteiger partial charge in [-0.25, -0.2) is 8.42 Å². The number of aliphatic hydroxyl groups excluding tert-OH is 1. The van der Waals surface area contributed by atoms with Crippen LogP contribution in [0.15, 0.2) is 0 Å². The molecular weight excluding hydrogens is 260 g/mol. The van der Waals surface area contributed by atoms with Gasteiger partial charge in [-0.3, -0.25) is 0 Å². The van der Waals surface area contributed by atoms with E-state index < -0.39 is 10.1 Å². The molecule has 0 aromatic rings. The molecule has 0 aromatic carbocycles. The molecule has 0 aliphatic rings. The lowest BCUT2D eigenvalue weighted by atomic mass is 10.1. The summed E-state index contributed by atoms with van der Waals surface area (Å²) in [7, 11) is -3.52. The van der Waals surface area contributed by atoms with Crippen molar-refractivity contribution in [3.8, 4) is 0 Å². The fourth-order valence-corrected chi connectivity index (χ4v) is 2.21. The third kappa shape index (κ3) is 31.4. The first kappa shape index (κ1) is 19.6. The quantitative estimate of drug-likeness (QED) is 0.435. The van der Waals surface area contributed by atoms with Gasteiger partial charge in [0.2, 0.25) is 0 Å². The van der Waals surface area contributed by atoms with E-state index in [1.165, 1.54) is 25.7 Å². The molecule has 0 spiro atoms. The summed E-state index contributed by atoms with van der Waals surface area (Å²) in [6.45, 7) is 2.21. The van der Waals surface area contributed by atoms with Crippen molar-refractivity contribution in [2.24, 2.45) is 0 Å². The highest BCUT2D eigenvalue weighted by molar-refractivity contribution is 7.95. The van der Waals surface area contributed by atoms with Crippen molar-refractivity contribution < 1.29 is 18.1 Å². The zero-order valence-corrected chi connectivity index (χ0v) is 12.9. The summed E-state index contributed by atoms with van der Waals surface area (Å²) < 4.78 is 27.2. The number of hydrogen-bond donors (Lipinski definition) is 1. The minimum atomic E-state index is -3.92. The normalized spacial score (nSPS) is 13.1. The van der Waals surface area contributed by atoms with Gasteiger partial charge in [0.05, 0.1) is 28.7 Å². The van der Waals surface area contributed by atoms with E-state index in [0.29, 0.717) is 17.2 Å². The monoisotopic (exact) mass is 286 g/mol. The van der Waals surface area contributed by atoms with E-state index in [1.807, 2.05) is 0 Å². The molecule has 106 valence electrons. The Balaban J connectivity index is 0. The Morgan fingerprint density at radius 1 is 1.24 bits per heavy atom. The molecule has 0 aromatic heterocycles. The van der Waals surface area contributed by atoms with Crippen molar-refractivity contribution in [2.75, 3.05) is 24.5 Å². The maximum atomic E-state index is 9.53. The van der Waals surface area contributed by atoms with Gasteiger partial charge in [0, 0.05) is 6.26 Å². The van der Waals surface area contributed by atoms with Gasteiger partial charge in [-0.15, -0.1) is 0 Å². The lowest BCUT2D eigenvalue weighted by Crippen LogP contribution is -2.18. The van der Waals surface area contributed by atoms with E-state index in [9.17, 15) is 5.11 Å². The van der Waals surface area contributed by atoms with Crippen LogP contribution in [0, 0.1) is 0 Å².